The van der Waals surface area contributed by atoms with Crippen molar-refractivity contribution >= 4 is 17.9 Å². The van der Waals surface area contributed by atoms with E-state index in [1.807, 2.05) is 6.07 Å². The average molecular weight is 355 g/mol. The van der Waals surface area contributed by atoms with Gasteiger partial charge in [0, 0.05) is 12.5 Å². The zero-order valence-corrected chi connectivity index (χ0v) is 14.5. The van der Waals surface area contributed by atoms with Gasteiger partial charge < -0.3 is 14.2 Å². The first-order valence-electron chi connectivity index (χ1n) is 8.06. The molecule has 0 spiro atoms. The van der Waals surface area contributed by atoms with Crippen LogP contribution < -0.4 is 9.47 Å². The highest BCUT2D eigenvalue weighted by atomic mass is 19.1. The molecule has 0 saturated heterocycles. The molecule has 1 aliphatic rings. The Bertz CT molecular complexity index is 867. The molecule has 0 aliphatic carbocycles. The number of rotatable bonds is 6. The highest BCUT2D eigenvalue weighted by Crippen LogP contribution is 2.25. The Morgan fingerprint density at radius 1 is 1.08 bits per heavy atom. The summed E-state index contributed by atoms with van der Waals surface area (Å²) in [5.74, 6) is 0.734. The fourth-order valence-corrected chi connectivity index (χ4v) is 2.57. The van der Waals surface area contributed by atoms with E-state index in [2.05, 4.69) is 4.99 Å². The summed E-state index contributed by atoms with van der Waals surface area (Å²) in [5, 5.41) is 0. The number of ether oxygens (including phenoxy) is 3. The average Bonchev–Trinajstić information content (AvgIpc) is 2.99. The van der Waals surface area contributed by atoms with Crippen molar-refractivity contribution in [2.24, 2.45) is 4.99 Å². The number of hydrogen-bond donors (Lipinski definition) is 0. The first-order valence-corrected chi connectivity index (χ1v) is 8.06. The van der Waals surface area contributed by atoms with Gasteiger partial charge in [0.15, 0.2) is 11.6 Å². The van der Waals surface area contributed by atoms with Crippen LogP contribution in [0.2, 0.25) is 0 Å². The maximum absolute atomic E-state index is 13.2. The van der Waals surface area contributed by atoms with Crippen molar-refractivity contribution in [1.29, 1.82) is 0 Å². The van der Waals surface area contributed by atoms with E-state index in [9.17, 15) is 9.18 Å². The van der Waals surface area contributed by atoms with Crippen LogP contribution >= 0.6 is 0 Å². The monoisotopic (exact) mass is 355 g/mol. The number of nitrogens with zero attached hydrogens (tertiary/aromatic N) is 1. The van der Waals surface area contributed by atoms with E-state index in [0.717, 1.165) is 5.56 Å². The highest BCUT2D eigenvalue weighted by molar-refractivity contribution is 6.07. The van der Waals surface area contributed by atoms with Gasteiger partial charge in [0.2, 0.25) is 0 Å². The van der Waals surface area contributed by atoms with Crippen LogP contribution in [0.25, 0.3) is 6.08 Å². The molecule has 0 fully saturated rings. The zero-order chi connectivity index (χ0) is 18.5. The van der Waals surface area contributed by atoms with Crippen LogP contribution in [0.5, 0.6) is 11.5 Å². The molecule has 26 heavy (non-hydrogen) atoms. The first-order chi connectivity index (χ1) is 12.6. The lowest BCUT2D eigenvalue weighted by Gasteiger charge is -2.05. The molecule has 0 radical (unpaired) electrons. The van der Waals surface area contributed by atoms with E-state index in [0.29, 0.717) is 35.8 Å². The number of hydrogen-bond acceptors (Lipinski definition) is 5. The predicted octanol–water partition coefficient (Wildman–Crippen LogP) is 3.77. The normalized spacial score (nSPS) is 15.0. The number of benzene rings is 2. The molecule has 0 N–H and O–H groups in total. The van der Waals surface area contributed by atoms with Gasteiger partial charge in [0.25, 0.3) is 0 Å². The Morgan fingerprint density at radius 3 is 2.46 bits per heavy atom. The minimum Gasteiger partial charge on any atom is -0.497 e. The standard InChI is InChI=1S/C20H18FNO4/c1-24-16-9-14(10-17(12-16)25-2)11-18-20(23)26-19(22-18)7-6-13-4-3-5-15(21)8-13/h3-5,8-12H,6-7H2,1-2H3/b18-11+. The molecule has 0 bridgehead atoms. The van der Waals surface area contributed by atoms with Crippen LogP contribution in [0.3, 0.4) is 0 Å². The number of aryl methyl sites for hydroxylation is 1. The second-order valence-electron chi connectivity index (χ2n) is 5.70. The number of aliphatic imine (C=N–C) groups is 1. The first kappa shape index (κ1) is 17.7. The Balaban J connectivity index is 1.76. The minimum atomic E-state index is -0.513. The number of cyclic esters (lactones) is 1. The maximum atomic E-state index is 13.2. The van der Waals surface area contributed by atoms with Gasteiger partial charge in [0.1, 0.15) is 17.3 Å². The Morgan fingerprint density at radius 2 is 1.81 bits per heavy atom. The van der Waals surface area contributed by atoms with Crippen molar-refractivity contribution in [2.75, 3.05) is 14.2 Å². The lowest BCUT2D eigenvalue weighted by atomic mass is 10.1. The summed E-state index contributed by atoms with van der Waals surface area (Å²) in [5.41, 5.74) is 1.73. The van der Waals surface area contributed by atoms with Gasteiger partial charge in [-0.15, -0.1) is 0 Å². The van der Waals surface area contributed by atoms with Crippen LogP contribution in [0.4, 0.5) is 4.39 Å². The lowest BCUT2D eigenvalue weighted by molar-refractivity contribution is -0.130. The van der Waals surface area contributed by atoms with E-state index in [1.165, 1.54) is 12.1 Å². The molecule has 1 heterocycles. The minimum absolute atomic E-state index is 0.203. The van der Waals surface area contributed by atoms with Crippen LogP contribution in [0.1, 0.15) is 17.5 Å². The van der Waals surface area contributed by atoms with Crippen LogP contribution in [0, 0.1) is 5.82 Å². The number of esters is 1. The second kappa shape index (κ2) is 7.82. The largest absolute Gasteiger partial charge is 0.497 e. The molecule has 0 aromatic heterocycles. The summed E-state index contributed by atoms with van der Waals surface area (Å²) in [6.07, 6.45) is 2.56. The van der Waals surface area contributed by atoms with E-state index in [-0.39, 0.29) is 11.5 Å². The van der Waals surface area contributed by atoms with Crippen LogP contribution in [-0.2, 0) is 16.0 Å². The molecule has 1 aliphatic heterocycles. The highest BCUT2D eigenvalue weighted by Gasteiger charge is 2.22. The van der Waals surface area contributed by atoms with Gasteiger partial charge in [-0.25, -0.2) is 14.2 Å². The molecule has 2 aromatic rings. The van der Waals surface area contributed by atoms with Crippen molar-refractivity contribution < 1.29 is 23.4 Å². The summed E-state index contributed by atoms with van der Waals surface area (Å²) in [7, 11) is 3.11. The Labute approximate surface area is 150 Å². The summed E-state index contributed by atoms with van der Waals surface area (Å²) < 4.78 is 28.8. The predicted molar refractivity (Wildman–Crippen MR) is 95.8 cm³/mol. The molecule has 134 valence electrons. The summed E-state index contributed by atoms with van der Waals surface area (Å²) >= 11 is 0. The number of methoxy groups -OCH3 is 2. The van der Waals surface area contributed by atoms with Crippen molar-refractivity contribution in [3.63, 3.8) is 0 Å². The molecule has 0 saturated carbocycles. The van der Waals surface area contributed by atoms with Gasteiger partial charge in [-0.3, -0.25) is 0 Å². The van der Waals surface area contributed by atoms with Crippen molar-refractivity contribution in [1.82, 2.24) is 0 Å². The number of carbonyl (C=O) groups is 1. The van der Waals surface area contributed by atoms with E-state index in [4.69, 9.17) is 14.2 Å². The third-order valence-corrected chi connectivity index (χ3v) is 3.86. The fourth-order valence-electron chi connectivity index (χ4n) is 2.57. The third kappa shape index (κ3) is 4.27. The zero-order valence-electron chi connectivity index (χ0n) is 14.5. The molecule has 0 atom stereocenters. The Kier molecular flexibility index (Phi) is 5.31. The van der Waals surface area contributed by atoms with Gasteiger partial charge in [-0.05, 0) is 47.9 Å². The summed E-state index contributed by atoms with van der Waals surface area (Å²) in [6, 6.07) is 11.6. The molecule has 0 unspecified atom stereocenters. The smallest absolute Gasteiger partial charge is 0.363 e. The number of halogens is 1. The van der Waals surface area contributed by atoms with Crippen molar-refractivity contribution in [3.05, 3.63) is 65.1 Å². The SMILES string of the molecule is COc1cc(/C=C2/N=C(CCc3cccc(F)c3)OC2=O)cc(OC)c1. The van der Waals surface area contributed by atoms with E-state index < -0.39 is 5.97 Å². The molecule has 0 amide bonds. The maximum Gasteiger partial charge on any atom is 0.363 e. The van der Waals surface area contributed by atoms with Gasteiger partial charge in [-0.1, -0.05) is 12.1 Å². The molecule has 3 rings (SSSR count). The molecule has 5 nitrogen and oxygen atoms in total. The summed E-state index contributed by atoms with van der Waals surface area (Å²) in [6.45, 7) is 0. The van der Waals surface area contributed by atoms with Crippen molar-refractivity contribution in [3.8, 4) is 11.5 Å². The second-order valence-corrected chi connectivity index (χ2v) is 5.70. The lowest BCUT2D eigenvalue weighted by Crippen LogP contribution is -2.05. The molecule has 6 heteroatoms. The van der Waals surface area contributed by atoms with Crippen LogP contribution in [0.15, 0.2) is 53.2 Å². The van der Waals surface area contributed by atoms with Gasteiger partial charge >= 0.3 is 5.97 Å². The van der Waals surface area contributed by atoms with E-state index >= 15 is 0 Å². The van der Waals surface area contributed by atoms with Gasteiger partial charge in [-0.2, -0.15) is 0 Å². The molecular formula is C20H18FNO4. The Hall–Kier alpha value is -3.15. The quantitative estimate of drug-likeness (QED) is 0.585. The fraction of sp³-hybridized carbons (Fsp3) is 0.200. The van der Waals surface area contributed by atoms with E-state index in [1.54, 1.807) is 44.6 Å². The summed E-state index contributed by atoms with van der Waals surface area (Å²) in [4.78, 5) is 16.3. The van der Waals surface area contributed by atoms with Crippen LogP contribution in [-0.4, -0.2) is 26.1 Å². The number of carbonyl (C=O) groups excluding carboxylic acids is 1. The molecular weight excluding hydrogens is 337 g/mol. The molecule has 2 aromatic carbocycles. The topological polar surface area (TPSA) is 57.1 Å². The van der Waals surface area contributed by atoms with Crippen molar-refractivity contribution in [2.45, 2.75) is 12.8 Å². The third-order valence-electron chi connectivity index (χ3n) is 3.86. The van der Waals surface area contributed by atoms with Gasteiger partial charge in [0.05, 0.1) is 14.2 Å².